The van der Waals surface area contributed by atoms with Crippen LogP contribution >= 0.6 is 22.6 Å². The fourth-order valence-corrected chi connectivity index (χ4v) is 4.86. The van der Waals surface area contributed by atoms with Gasteiger partial charge in [0.25, 0.3) is 0 Å². The molecule has 1 amide bonds. The Balaban J connectivity index is 1.55. The second-order valence-electron chi connectivity index (χ2n) is 7.98. The molecular weight excluding hydrogens is 495 g/mol. The van der Waals surface area contributed by atoms with Crippen LogP contribution in [0.5, 0.6) is 0 Å². The van der Waals surface area contributed by atoms with Gasteiger partial charge in [0.1, 0.15) is 12.3 Å². The van der Waals surface area contributed by atoms with Gasteiger partial charge < -0.3 is 14.6 Å². The molecule has 2 aliphatic heterocycles. The zero-order chi connectivity index (χ0) is 21.1. The number of carbonyl (C=O) groups excluding carboxylic acids is 1. The van der Waals surface area contributed by atoms with E-state index in [1.165, 1.54) is 0 Å². The maximum absolute atomic E-state index is 13.2. The van der Waals surface area contributed by atoms with E-state index in [9.17, 15) is 9.90 Å². The largest absolute Gasteiger partial charge is 0.445 e. The minimum Gasteiger partial charge on any atom is -0.445 e. The van der Waals surface area contributed by atoms with Gasteiger partial charge in [-0.05, 0) is 30.9 Å². The van der Waals surface area contributed by atoms with Gasteiger partial charge in [-0.2, -0.15) is 0 Å². The lowest BCUT2D eigenvalue weighted by Crippen LogP contribution is -2.82. The Labute approximate surface area is 190 Å². The number of rotatable bonds is 5. The van der Waals surface area contributed by atoms with Crippen molar-refractivity contribution in [3.63, 3.8) is 0 Å². The molecule has 7 heteroatoms. The summed E-state index contributed by atoms with van der Waals surface area (Å²) in [6.07, 6.45) is 0.302. The van der Waals surface area contributed by atoms with Crippen molar-refractivity contribution in [2.75, 3.05) is 0 Å². The highest BCUT2D eigenvalue weighted by Gasteiger charge is 2.59. The van der Waals surface area contributed by atoms with Crippen molar-refractivity contribution in [3.8, 4) is 0 Å². The summed E-state index contributed by atoms with van der Waals surface area (Å²) in [6.45, 7) is 2.66. The van der Waals surface area contributed by atoms with Crippen LogP contribution in [0.4, 0.5) is 4.79 Å². The van der Waals surface area contributed by atoms with Gasteiger partial charge in [0, 0.05) is 12.6 Å². The van der Waals surface area contributed by atoms with Crippen LogP contribution in [-0.2, 0) is 22.6 Å². The summed E-state index contributed by atoms with van der Waals surface area (Å²) in [7, 11) is 0. The minimum absolute atomic E-state index is 0.0240. The van der Waals surface area contributed by atoms with E-state index in [1.54, 1.807) is 4.90 Å². The summed E-state index contributed by atoms with van der Waals surface area (Å²) in [5.41, 5.74) is 1.21. The van der Waals surface area contributed by atoms with Crippen molar-refractivity contribution < 1.29 is 19.4 Å². The van der Waals surface area contributed by atoms with Gasteiger partial charge in [0.15, 0.2) is 6.29 Å². The highest BCUT2D eigenvalue weighted by atomic mass is 127. The van der Waals surface area contributed by atoms with Crippen molar-refractivity contribution >= 4 is 28.7 Å². The van der Waals surface area contributed by atoms with Gasteiger partial charge in [0.2, 0.25) is 0 Å². The molecule has 3 unspecified atom stereocenters. The second-order valence-corrected chi connectivity index (χ2v) is 9.58. The third-order valence-corrected chi connectivity index (χ3v) is 7.06. The summed E-state index contributed by atoms with van der Waals surface area (Å²) in [5, 5.41) is 13.8. The predicted octanol–water partition coefficient (Wildman–Crippen LogP) is 3.81. The number of hydrogen-bond donors (Lipinski definition) is 2. The number of amides is 1. The molecule has 0 bridgehead atoms. The number of aliphatic hydroxyl groups excluding tert-OH is 1. The molecule has 5 atom stereocenters. The number of benzene rings is 2. The molecule has 4 rings (SSSR count). The molecule has 2 aromatic rings. The molecule has 2 N–H and O–H groups in total. The molecule has 6 nitrogen and oxygen atoms in total. The molecule has 1 spiro atoms. The van der Waals surface area contributed by atoms with E-state index in [0.29, 0.717) is 6.54 Å². The zero-order valence-corrected chi connectivity index (χ0v) is 19.1. The molecule has 2 heterocycles. The number of ether oxygens (including phenoxy) is 2. The Morgan fingerprint density at radius 2 is 1.83 bits per heavy atom. The van der Waals surface area contributed by atoms with Gasteiger partial charge in [-0.3, -0.25) is 10.2 Å². The fraction of sp³-hybridized carbons (Fsp3) is 0.435. The lowest BCUT2D eigenvalue weighted by atomic mass is 9.80. The first-order valence-corrected chi connectivity index (χ1v) is 11.5. The van der Waals surface area contributed by atoms with Crippen LogP contribution in [-0.4, -0.2) is 44.1 Å². The van der Waals surface area contributed by atoms with Crippen molar-refractivity contribution in [2.24, 2.45) is 0 Å². The van der Waals surface area contributed by atoms with Crippen LogP contribution in [0.3, 0.4) is 0 Å². The van der Waals surface area contributed by atoms with Crippen LogP contribution in [0.15, 0.2) is 60.7 Å². The summed E-state index contributed by atoms with van der Waals surface area (Å²) >= 11 is 2.21. The van der Waals surface area contributed by atoms with Crippen molar-refractivity contribution in [2.45, 2.75) is 60.9 Å². The molecule has 0 saturated carbocycles. The first-order chi connectivity index (χ1) is 14.5. The van der Waals surface area contributed by atoms with Crippen LogP contribution in [0.2, 0.25) is 0 Å². The summed E-state index contributed by atoms with van der Waals surface area (Å²) in [6, 6.07) is 19.3. The topological polar surface area (TPSA) is 71.0 Å². The Morgan fingerprint density at radius 1 is 1.20 bits per heavy atom. The fourth-order valence-electron chi connectivity index (χ4n) is 4.40. The first-order valence-electron chi connectivity index (χ1n) is 10.3. The van der Waals surface area contributed by atoms with Crippen LogP contribution in [0.25, 0.3) is 0 Å². The molecule has 30 heavy (non-hydrogen) atoms. The molecule has 0 radical (unpaired) electrons. The summed E-state index contributed by atoms with van der Waals surface area (Å²) in [4.78, 5) is 15.0. The predicted molar refractivity (Wildman–Crippen MR) is 122 cm³/mol. The SMILES string of the molecule is CC1N[C@]2(CCC(I)C(O)O2)[C@@H]1N(Cc1ccccc1)C(=O)OCc1ccccc1. The Morgan fingerprint density at radius 3 is 2.43 bits per heavy atom. The molecular formula is C23H27IN2O4. The maximum atomic E-state index is 13.2. The Hall–Kier alpha value is -1.68. The first kappa shape index (κ1) is 21.5. The van der Waals surface area contributed by atoms with Crippen molar-refractivity contribution in [3.05, 3.63) is 71.8 Å². The van der Waals surface area contributed by atoms with Crippen LogP contribution in [0.1, 0.15) is 30.9 Å². The molecule has 0 aromatic heterocycles. The van der Waals surface area contributed by atoms with Gasteiger partial charge >= 0.3 is 6.09 Å². The van der Waals surface area contributed by atoms with E-state index in [4.69, 9.17) is 9.47 Å². The summed E-state index contributed by atoms with van der Waals surface area (Å²) in [5.74, 6) is 0. The summed E-state index contributed by atoms with van der Waals surface area (Å²) < 4.78 is 11.8. The Kier molecular flexibility index (Phi) is 6.62. The van der Waals surface area contributed by atoms with Gasteiger partial charge in [-0.1, -0.05) is 83.3 Å². The highest BCUT2D eigenvalue weighted by molar-refractivity contribution is 14.1. The molecule has 160 valence electrons. The van der Waals surface area contributed by atoms with Gasteiger partial charge in [-0.25, -0.2) is 4.79 Å². The van der Waals surface area contributed by atoms with Crippen molar-refractivity contribution in [1.29, 1.82) is 0 Å². The number of nitrogens with zero attached hydrogens (tertiary/aromatic N) is 1. The number of halogens is 1. The second kappa shape index (κ2) is 9.21. The van der Waals surface area contributed by atoms with E-state index in [1.807, 2.05) is 67.6 Å². The maximum Gasteiger partial charge on any atom is 0.410 e. The third-order valence-electron chi connectivity index (χ3n) is 5.83. The average molecular weight is 522 g/mol. The minimum atomic E-state index is -0.860. The van der Waals surface area contributed by atoms with E-state index in [-0.39, 0.29) is 28.7 Å². The van der Waals surface area contributed by atoms with Crippen LogP contribution in [0, 0.1) is 0 Å². The number of alkyl halides is 1. The zero-order valence-electron chi connectivity index (χ0n) is 16.9. The van der Waals surface area contributed by atoms with Crippen LogP contribution < -0.4 is 5.32 Å². The molecule has 2 aliphatic rings. The Bertz CT molecular complexity index is 853. The lowest BCUT2D eigenvalue weighted by Gasteiger charge is -2.60. The number of aliphatic hydroxyl groups is 1. The third kappa shape index (κ3) is 4.49. The smallest absolute Gasteiger partial charge is 0.410 e. The lowest BCUT2D eigenvalue weighted by molar-refractivity contribution is -0.281. The number of carbonyl (C=O) groups is 1. The standard InChI is InChI=1S/C23H27IN2O4/c1-16-20(23(25-16)13-12-19(24)21(27)30-23)26(14-17-8-4-2-5-9-17)22(28)29-15-18-10-6-3-7-11-18/h2-11,16,19-21,25,27H,12-15H2,1H3/t16?,19?,20-,21?,23+/m1/s1. The van der Waals surface area contributed by atoms with Gasteiger partial charge in [-0.15, -0.1) is 0 Å². The van der Waals surface area contributed by atoms with E-state index in [0.717, 1.165) is 24.0 Å². The van der Waals surface area contributed by atoms with E-state index >= 15 is 0 Å². The van der Waals surface area contributed by atoms with E-state index < -0.39 is 12.0 Å². The average Bonchev–Trinajstić information content (AvgIpc) is 2.75. The van der Waals surface area contributed by atoms with Gasteiger partial charge in [0.05, 0.1) is 9.97 Å². The number of nitrogens with one attached hydrogen (secondary N) is 1. The van der Waals surface area contributed by atoms with E-state index in [2.05, 4.69) is 27.9 Å². The highest BCUT2D eigenvalue weighted by Crippen LogP contribution is 2.42. The molecule has 0 aliphatic carbocycles. The molecule has 2 saturated heterocycles. The molecule has 2 fully saturated rings. The number of hydrogen-bond acceptors (Lipinski definition) is 5. The monoisotopic (exact) mass is 522 g/mol. The molecule has 2 aromatic carbocycles. The normalized spacial score (nSPS) is 30.5. The quantitative estimate of drug-likeness (QED) is 0.462. The van der Waals surface area contributed by atoms with Crippen molar-refractivity contribution in [1.82, 2.24) is 10.2 Å².